The molecule has 3 heterocycles. The van der Waals surface area contributed by atoms with Crippen LogP contribution in [0.3, 0.4) is 0 Å². The van der Waals surface area contributed by atoms with E-state index in [1.165, 1.54) is 33.5 Å². The summed E-state index contributed by atoms with van der Waals surface area (Å²) in [5.41, 5.74) is 2.33. The van der Waals surface area contributed by atoms with Gasteiger partial charge in [-0.05, 0) is 56.3 Å². The molecule has 0 saturated carbocycles. The van der Waals surface area contributed by atoms with E-state index in [1.807, 2.05) is 6.07 Å². The Bertz CT molecular complexity index is 1260. The Morgan fingerprint density at radius 2 is 1.85 bits per heavy atom. The topological polar surface area (TPSA) is 96.8 Å². The predicted octanol–water partition coefficient (Wildman–Crippen LogP) is 4.76. The molecule has 1 aliphatic rings. The van der Waals surface area contributed by atoms with Gasteiger partial charge in [0.2, 0.25) is 10.8 Å². The van der Waals surface area contributed by atoms with Gasteiger partial charge in [-0.25, -0.2) is 4.98 Å². The van der Waals surface area contributed by atoms with Gasteiger partial charge >= 0.3 is 0 Å². The molecule has 2 aromatic carbocycles. The lowest BCUT2D eigenvalue weighted by Gasteiger charge is -2.37. The number of likely N-dealkylation sites (tertiary alicyclic amines) is 1. The molecule has 4 aromatic rings. The number of non-ortho nitro benzene ring substituents is 1. The number of aromatic nitrogens is 3. The molecule has 1 fully saturated rings. The molecular weight excluding hydrogens is 438 g/mol. The van der Waals surface area contributed by atoms with Crippen LogP contribution in [0.2, 0.25) is 0 Å². The van der Waals surface area contributed by atoms with E-state index in [1.54, 1.807) is 19.1 Å². The third-order valence-corrected chi connectivity index (χ3v) is 7.43. The minimum Gasteiger partial charge on any atom is -0.492 e. The number of hydrogen-bond acceptors (Lipinski definition) is 7. The zero-order chi connectivity index (χ0) is 22.9. The Balaban J connectivity index is 1.43. The molecule has 1 unspecified atom stereocenters. The summed E-state index contributed by atoms with van der Waals surface area (Å²) < 4.78 is 1.48. The van der Waals surface area contributed by atoms with Crippen LogP contribution in [-0.2, 0) is 6.42 Å². The molecule has 0 bridgehead atoms. The molecule has 0 aliphatic carbocycles. The van der Waals surface area contributed by atoms with Crippen molar-refractivity contribution in [1.82, 2.24) is 19.5 Å². The lowest BCUT2D eigenvalue weighted by atomic mass is 9.88. The average molecular weight is 464 g/mol. The molecule has 9 heteroatoms. The van der Waals surface area contributed by atoms with Gasteiger partial charge < -0.3 is 5.11 Å². The highest BCUT2D eigenvalue weighted by atomic mass is 32.1. The Morgan fingerprint density at radius 1 is 1.15 bits per heavy atom. The van der Waals surface area contributed by atoms with Crippen molar-refractivity contribution in [3.8, 4) is 5.88 Å². The van der Waals surface area contributed by atoms with E-state index < -0.39 is 4.92 Å². The molecule has 5 rings (SSSR count). The standard InChI is InChI=1S/C24H25N5O3S/c1-16-25-24-28(26-16)23(30)22(33-24)21(19-7-9-20(10-8-19)29(31)32)27-13-11-18(12-14-27)15-17-5-3-2-4-6-17/h2-10,18,21,30H,11-15H2,1H3. The number of aromatic hydroxyl groups is 1. The van der Waals surface area contributed by atoms with Gasteiger partial charge in [0.05, 0.1) is 15.8 Å². The van der Waals surface area contributed by atoms with Gasteiger partial charge in [-0.3, -0.25) is 15.0 Å². The molecule has 1 N–H and O–H groups in total. The van der Waals surface area contributed by atoms with Crippen molar-refractivity contribution in [2.45, 2.75) is 32.2 Å². The summed E-state index contributed by atoms with van der Waals surface area (Å²) in [4.78, 5) is 18.9. The number of nitro groups is 1. The number of benzene rings is 2. The summed E-state index contributed by atoms with van der Waals surface area (Å²) in [6.45, 7) is 3.56. The summed E-state index contributed by atoms with van der Waals surface area (Å²) in [7, 11) is 0. The maximum absolute atomic E-state index is 11.1. The van der Waals surface area contributed by atoms with Crippen LogP contribution in [0, 0.1) is 23.0 Å². The van der Waals surface area contributed by atoms with Gasteiger partial charge in [0.15, 0.2) is 0 Å². The number of thiazole rings is 1. The normalized spacial score (nSPS) is 16.3. The largest absolute Gasteiger partial charge is 0.492 e. The van der Waals surface area contributed by atoms with Crippen LogP contribution in [0.5, 0.6) is 5.88 Å². The number of nitro benzene ring substituents is 1. The summed E-state index contributed by atoms with van der Waals surface area (Å²) in [6, 6.07) is 17.0. The second-order valence-corrected chi connectivity index (χ2v) is 9.57. The molecular formula is C24H25N5O3S. The van der Waals surface area contributed by atoms with Crippen LogP contribution in [0.1, 0.15) is 40.7 Å². The fourth-order valence-corrected chi connectivity index (χ4v) is 5.86. The lowest BCUT2D eigenvalue weighted by Crippen LogP contribution is -2.37. The molecule has 1 atom stereocenters. The first-order valence-corrected chi connectivity index (χ1v) is 11.9. The van der Waals surface area contributed by atoms with Crippen molar-refractivity contribution < 1.29 is 10.0 Å². The van der Waals surface area contributed by atoms with Crippen molar-refractivity contribution in [3.63, 3.8) is 0 Å². The van der Waals surface area contributed by atoms with Crippen LogP contribution < -0.4 is 0 Å². The first kappa shape index (κ1) is 21.5. The Morgan fingerprint density at radius 3 is 2.48 bits per heavy atom. The fourth-order valence-electron chi connectivity index (χ4n) is 4.70. The van der Waals surface area contributed by atoms with Crippen molar-refractivity contribution in [2.75, 3.05) is 13.1 Å². The highest BCUT2D eigenvalue weighted by Crippen LogP contribution is 2.41. The lowest BCUT2D eigenvalue weighted by molar-refractivity contribution is -0.384. The zero-order valence-electron chi connectivity index (χ0n) is 18.3. The van der Waals surface area contributed by atoms with Gasteiger partial charge in [-0.15, -0.1) is 5.10 Å². The van der Waals surface area contributed by atoms with Gasteiger partial charge in [0.1, 0.15) is 5.82 Å². The van der Waals surface area contributed by atoms with Crippen molar-refractivity contribution in [2.24, 2.45) is 5.92 Å². The second kappa shape index (κ2) is 8.92. The second-order valence-electron chi connectivity index (χ2n) is 8.56. The number of nitrogens with zero attached hydrogens (tertiary/aromatic N) is 5. The van der Waals surface area contributed by atoms with Gasteiger partial charge in [0.25, 0.3) is 5.69 Å². The highest BCUT2D eigenvalue weighted by Gasteiger charge is 2.32. The number of rotatable bonds is 6. The number of piperidine rings is 1. The van der Waals surface area contributed by atoms with Crippen LogP contribution in [-0.4, -0.2) is 42.6 Å². The monoisotopic (exact) mass is 463 g/mol. The molecule has 2 aromatic heterocycles. The van der Waals surface area contributed by atoms with Crippen molar-refractivity contribution in [3.05, 3.63) is 86.5 Å². The maximum atomic E-state index is 11.1. The summed E-state index contributed by atoms with van der Waals surface area (Å²) >= 11 is 1.42. The van der Waals surface area contributed by atoms with E-state index in [4.69, 9.17) is 0 Å². The highest BCUT2D eigenvalue weighted by molar-refractivity contribution is 7.17. The summed E-state index contributed by atoms with van der Waals surface area (Å²) in [6.07, 6.45) is 3.18. The van der Waals surface area contributed by atoms with E-state index in [0.717, 1.165) is 42.8 Å². The third-order valence-electron chi connectivity index (χ3n) is 6.36. The Labute approximate surface area is 195 Å². The van der Waals surface area contributed by atoms with Crippen molar-refractivity contribution in [1.29, 1.82) is 0 Å². The quantitative estimate of drug-likeness (QED) is 0.327. The van der Waals surface area contributed by atoms with E-state index in [2.05, 4.69) is 39.2 Å². The fraction of sp³-hybridized carbons (Fsp3) is 0.333. The van der Waals surface area contributed by atoms with E-state index in [-0.39, 0.29) is 17.6 Å². The minimum absolute atomic E-state index is 0.0570. The number of aryl methyl sites for hydroxylation is 1. The molecule has 170 valence electrons. The van der Waals surface area contributed by atoms with Gasteiger partial charge in [0, 0.05) is 12.1 Å². The molecule has 0 amide bonds. The zero-order valence-corrected chi connectivity index (χ0v) is 19.1. The van der Waals surface area contributed by atoms with Crippen LogP contribution in [0.25, 0.3) is 4.96 Å². The summed E-state index contributed by atoms with van der Waals surface area (Å²) in [5.74, 6) is 1.31. The molecule has 1 aliphatic heterocycles. The van der Waals surface area contributed by atoms with Crippen LogP contribution in [0.15, 0.2) is 54.6 Å². The maximum Gasteiger partial charge on any atom is 0.269 e. The van der Waals surface area contributed by atoms with Crippen LogP contribution >= 0.6 is 11.3 Å². The van der Waals surface area contributed by atoms with E-state index in [0.29, 0.717) is 16.7 Å². The van der Waals surface area contributed by atoms with Crippen molar-refractivity contribution >= 4 is 22.0 Å². The summed E-state index contributed by atoms with van der Waals surface area (Å²) in [5, 5.41) is 26.4. The average Bonchev–Trinajstić information content (AvgIpc) is 3.33. The van der Waals surface area contributed by atoms with Crippen LogP contribution in [0.4, 0.5) is 5.69 Å². The third kappa shape index (κ3) is 4.34. The van der Waals surface area contributed by atoms with Gasteiger partial charge in [-0.2, -0.15) is 4.52 Å². The number of fused-ring (bicyclic) bond motifs is 1. The molecule has 0 radical (unpaired) electrons. The first-order valence-electron chi connectivity index (χ1n) is 11.1. The van der Waals surface area contributed by atoms with E-state index in [9.17, 15) is 15.2 Å². The molecule has 33 heavy (non-hydrogen) atoms. The molecule has 0 spiro atoms. The smallest absolute Gasteiger partial charge is 0.269 e. The Hall–Kier alpha value is -3.30. The molecule has 1 saturated heterocycles. The SMILES string of the molecule is Cc1nc2sc(C(c3ccc([N+](=O)[O-])cc3)N3CCC(Cc4ccccc4)CC3)c(O)n2n1. The molecule has 8 nitrogen and oxygen atoms in total. The number of hydrogen-bond donors (Lipinski definition) is 1. The Kier molecular flexibility index (Phi) is 5.82. The first-order chi connectivity index (χ1) is 16.0. The van der Waals surface area contributed by atoms with Gasteiger partial charge in [-0.1, -0.05) is 53.8 Å². The minimum atomic E-state index is -0.392. The predicted molar refractivity (Wildman–Crippen MR) is 127 cm³/mol. The van der Waals surface area contributed by atoms with E-state index >= 15 is 0 Å².